The molecule has 0 amide bonds. The van der Waals surface area contributed by atoms with Crippen LogP contribution < -0.4 is 11.1 Å². The van der Waals surface area contributed by atoms with Crippen LogP contribution in [0.15, 0.2) is 5.16 Å². The highest BCUT2D eigenvalue weighted by molar-refractivity contribution is 5.84. The Morgan fingerprint density at radius 3 is 2.86 bits per heavy atom. The van der Waals surface area contributed by atoms with Gasteiger partial charge in [0.2, 0.25) is 0 Å². The summed E-state index contributed by atoms with van der Waals surface area (Å²) in [7, 11) is 0. The van der Waals surface area contributed by atoms with Crippen molar-refractivity contribution in [2.45, 2.75) is 19.4 Å². The molecule has 0 saturated heterocycles. The molecule has 6 heteroatoms. The summed E-state index contributed by atoms with van der Waals surface area (Å²) in [4.78, 5) is 0. The van der Waals surface area contributed by atoms with Crippen molar-refractivity contribution in [3.05, 3.63) is 0 Å². The van der Waals surface area contributed by atoms with Crippen LogP contribution >= 0.6 is 0 Å². The molecule has 0 fully saturated rings. The van der Waals surface area contributed by atoms with Crippen molar-refractivity contribution < 1.29 is 15.1 Å². The number of nitrogens with one attached hydrogen (secondary N) is 1. The first-order valence-corrected chi connectivity index (χ1v) is 4.61. The van der Waals surface area contributed by atoms with Crippen LogP contribution in [0.5, 0.6) is 0 Å². The monoisotopic (exact) mass is 205 g/mol. The quantitative estimate of drug-likeness (QED) is 0.135. The van der Waals surface area contributed by atoms with Crippen LogP contribution in [-0.2, 0) is 4.74 Å². The van der Waals surface area contributed by atoms with Gasteiger partial charge >= 0.3 is 0 Å². The van der Waals surface area contributed by atoms with Gasteiger partial charge in [0.25, 0.3) is 0 Å². The number of nitrogens with zero attached hydrogens (tertiary/aromatic N) is 1. The summed E-state index contributed by atoms with van der Waals surface area (Å²) in [5.41, 5.74) is 5.35. The van der Waals surface area contributed by atoms with Crippen LogP contribution in [0.25, 0.3) is 0 Å². The molecule has 0 aromatic rings. The molecule has 0 bridgehead atoms. The van der Waals surface area contributed by atoms with Crippen molar-refractivity contribution in [1.82, 2.24) is 5.32 Å². The molecule has 0 aliphatic rings. The van der Waals surface area contributed by atoms with Crippen molar-refractivity contribution in [3.63, 3.8) is 0 Å². The number of nitrogens with two attached hydrogens (primary N) is 1. The predicted molar refractivity (Wildman–Crippen MR) is 53.4 cm³/mol. The normalized spacial score (nSPS) is 14.3. The summed E-state index contributed by atoms with van der Waals surface area (Å²) < 4.78 is 5.05. The van der Waals surface area contributed by atoms with E-state index in [-0.39, 0.29) is 18.5 Å². The Labute approximate surface area is 83.7 Å². The zero-order chi connectivity index (χ0) is 10.8. The highest BCUT2D eigenvalue weighted by Crippen LogP contribution is 1.85. The molecule has 84 valence electrons. The molecule has 0 spiro atoms. The fraction of sp³-hybridized carbons (Fsp3) is 0.875. The highest BCUT2D eigenvalue weighted by Gasteiger charge is 2.04. The van der Waals surface area contributed by atoms with Gasteiger partial charge in [-0.2, -0.15) is 0 Å². The summed E-state index contributed by atoms with van der Waals surface area (Å²) in [6.07, 6.45) is 0.822. The number of amidine groups is 1. The molecule has 0 aliphatic carbocycles. The number of rotatable bonds is 8. The molecule has 0 aliphatic heterocycles. The fourth-order valence-electron chi connectivity index (χ4n) is 0.851. The lowest BCUT2D eigenvalue weighted by Crippen LogP contribution is -2.39. The first-order valence-electron chi connectivity index (χ1n) is 4.61. The summed E-state index contributed by atoms with van der Waals surface area (Å²) in [6, 6.07) is -0.141. The Bertz CT molecular complexity index is 164. The fourth-order valence-corrected chi connectivity index (χ4v) is 0.851. The summed E-state index contributed by atoms with van der Waals surface area (Å²) >= 11 is 0. The molecule has 0 heterocycles. The Morgan fingerprint density at radius 2 is 2.29 bits per heavy atom. The second-order valence-electron chi connectivity index (χ2n) is 2.89. The summed E-state index contributed by atoms with van der Waals surface area (Å²) in [5, 5.41) is 22.7. The van der Waals surface area contributed by atoms with Crippen molar-refractivity contribution in [1.29, 1.82) is 0 Å². The number of hydrogen-bond acceptors (Lipinski definition) is 5. The van der Waals surface area contributed by atoms with Crippen molar-refractivity contribution in [3.8, 4) is 0 Å². The average molecular weight is 205 g/mol. The van der Waals surface area contributed by atoms with Gasteiger partial charge < -0.3 is 26.1 Å². The number of ether oxygens (including phenoxy) is 1. The van der Waals surface area contributed by atoms with Gasteiger partial charge in [-0.3, -0.25) is 0 Å². The molecular weight excluding hydrogens is 186 g/mol. The van der Waals surface area contributed by atoms with E-state index in [2.05, 4.69) is 10.5 Å². The van der Waals surface area contributed by atoms with Gasteiger partial charge in [0.15, 0.2) is 5.84 Å². The predicted octanol–water partition coefficient (Wildman–Crippen LogP) is -0.890. The standard InChI is InChI=1S/C8H19N3O3/c1-7(8(9)11-13)10-3-2-5-14-6-4-12/h7,10,12-13H,2-6H2,1H3,(H2,9,11). The molecule has 14 heavy (non-hydrogen) atoms. The molecule has 0 radical (unpaired) electrons. The van der Waals surface area contributed by atoms with Crippen LogP contribution in [0.4, 0.5) is 0 Å². The largest absolute Gasteiger partial charge is 0.409 e. The molecule has 1 unspecified atom stereocenters. The van der Waals surface area contributed by atoms with Crippen molar-refractivity contribution >= 4 is 5.84 Å². The van der Waals surface area contributed by atoms with Crippen molar-refractivity contribution in [2.24, 2.45) is 10.9 Å². The van der Waals surface area contributed by atoms with E-state index in [9.17, 15) is 0 Å². The Hall–Kier alpha value is -0.850. The summed E-state index contributed by atoms with van der Waals surface area (Å²) in [5.74, 6) is 0.168. The smallest absolute Gasteiger partial charge is 0.156 e. The van der Waals surface area contributed by atoms with Gasteiger partial charge in [0.05, 0.1) is 19.3 Å². The Morgan fingerprint density at radius 1 is 1.57 bits per heavy atom. The minimum atomic E-state index is -0.141. The van der Waals surface area contributed by atoms with Crippen molar-refractivity contribution in [2.75, 3.05) is 26.4 Å². The third kappa shape index (κ3) is 6.64. The van der Waals surface area contributed by atoms with Gasteiger partial charge in [0, 0.05) is 6.61 Å². The van der Waals surface area contributed by atoms with Gasteiger partial charge in [0.1, 0.15) is 0 Å². The van der Waals surface area contributed by atoms with Gasteiger partial charge in [-0.25, -0.2) is 0 Å². The van der Waals surface area contributed by atoms with E-state index in [1.807, 2.05) is 6.92 Å². The second kappa shape index (κ2) is 8.74. The van der Waals surface area contributed by atoms with Crippen LogP contribution in [0.2, 0.25) is 0 Å². The zero-order valence-electron chi connectivity index (χ0n) is 8.44. The molecule has 5 N–H and O–H groups in total. The lowest BCUT2D eigenvalue weighted by molar-refractivity contribution is 0.0906. The van der Waals surface area contributed by atoms with Crippen LogP contribution in [-0.4, -0.2) is 48.6 Å². The molecule has 0 aromatic carbocycles. The molecule has 0 aromatic heterocycles. The molecule has 6 nitrogen and oxygen atoms in total. The summed E-state index contributed by atoms with van der Waals surface area (Å²) in [6.45, 7) is 3.55. The lowest BCUT2D eigenvalue weighted by atomic mass is 10.3. The minimum Gasteiger partial charge on any atom is -0.409 e. The van der Waals surface area contributed by atoms with E-state index < -0.39 is 0 Å². The zero-order valence-corrected chi connectivity index (χ0v) is 8.44. The molecular formula is C8H19N3O3. The number of aliphatic hydroxyl groups is 1. The van der Waals surface area contributed by atoms with Crippen LogP contribution in [0.3, 0.4) is 0 Å². The molecule has 1 atom stereocenters. The Kier molecular flexibility index (Phi) is 8.20. The maximum Gasteiger partial charge on any atom is 0.156 e. The average Bonchev–Trinajstić information content (AvgIpc) is 2.21. The molecule has 0 saturated carbocycles. The van der Waals surface area contributed by atoms with Gasteiger partial charge in [-0.15, -0.1) is 0 Å². The highest BCUT2D eigenvalue weighted by atomic mass is 16.5. The van der Waals surface area contributed by atoms with Crippen LogP contribution in [0, 0.1) is 0 Å². The van der Waals surface area contributed by atoms with Gasteiger partial charge in [-0.1, -0.05) is 5.16 Å². The van der Waals surface area contributed by atoms with E-state index in [4.69, 9.17) is 20.8 Å². The second-order valence-corrected chi connectivity index (χ2v) is 2.89. The van der Waals surface area contributed by atoms with E-state index >= 15 is 0 Å². The van der Waals surface area contributed by atoms with E-state index in [0.717, 1.165) is 13.0 Å². The first-order chi connectivity index (χ1) is 6.72. The van der Waals surface area contributed by atoms with Gasteiger partial charge in [-0.05, 0) is 19.9 Å². The third-order valence-corrected chi connectivity index (χ3v) is 1.71. The topological polar surface area (TPSA) is 100 Å². The lowest BCUT2D eigenvalue weighted by Gasteiger charge is -2.11. The first kappa shape index (κ1) is 13.2. The number of oxime groups is 1. The maximum absolute atomic E-state index is 8.42. The number of hydrogen-bond donors (Lipinski definition) is 4. The van der Waals surface area contributed by atoms with E-state index in [1.165, 1.54) is 0 Å². The minimum absolute atomic E-state index is 0.0496. The maximum atomic E-state index is 8.42. The third-order valence-electron chi connectivity index (χ3n) is 1.71. The Balaban J connectivity index is 3.27. The van der Waals surface area contributed by atoms with E-state index in [0.29, 0.717) is 13.2 Å². The molecule has 0 rings (SSSR count). The van der Waals surface area contributed by atoms with Crippen LogP contribution in [0.1, 0.15) is 13.3 Å². The SMILES string of the molecule is CC(NCCCOCCO)C(N)=NO. The number of aliphatic hydroxyl groups excluding tert-OH is 1. The van der Waals surface area contributed by atoms with E-state index in [1.54, 1.807) is 0 Å².